The zero-order chi connectivity index (χ0) is 14.5. The zero-order valence-corrected chi connectivity index (χ0v) is 10.9. The topological polar surface area (TPSA) is 58.6 Å². The van der Waals surface area contributed by atoms with Gasteiger partial charge in [-0.15, -0.1) is 0 Å². The fourth-order valence-corrected chi connectivity index (χ4v) is 1.84. The van der Waals surface area contributed by atoms with E-state index in [0.29, 0.717) is 17.8 Å². The number of hydrogen-bond donors (Lipinski definition) is 2. The number of carboxylic acid groups (broad SMARTS) is 1. The van der Waals surface area contributed by atoms with E-state index in [1.54, 1.807) is 24.3 Å². The molecule has 2 aromatic carbocycles. The van der Waals surface area contributed by atoms with Crippen molar-refractivity contribution in [2.45, 2.75) is 6.54 Å². The van der Waals surface area contributed by atoms with Crippen molar-refractivity contribution in [3.8, 4) is 5.75 Å². The minimum atomic E-state index is -1.01. The molecule has 0 amide bonds. The molecule has 0 radical (unpaired) electrons. The summed E-state index contributed by atoms with van der Waals surface area (Å²) in [7, 11) is 1.40. The number of methoxy groups -OCH3 is 1. The fourth-order valence-electron chi connectivity index (χ4n) is 1.84. The van der Waals surface area contributed by atoms with Gasteiger partial charge in [-0.2, -0.15) is 0 Å². The number of nitrogens with one attached hydrogen (secondary N) is 1. The van der Waals surface area contributed by atoms with E-state index >= 15 is 0 Å². The molecule has 2 aromatic rings. The molecule has 2 rings (SSSR count). The van der Waals surface area contributed by atoms with Crippen molar-refractivity contribution in [1.82, 2.24) is 0 Å². The lowest BCUT2D eigenvalue weighted by Gasteiger charge is -2.10. The Morgan fingerprint density at radius 3 is 2.70 bits per heavy atom. The molecular formula is C15H14FNO3. The molecule has 0 aliphatic rings. The summed E-state index contributed by atoms with van der Waals surface area (Å²) in [5.41, 5.74) is 1.38. The molecule has 0 unspecified atom stereocenters. The van der Waals surface area contributed by atoms with Crippen molar-refractivity contribution in [2.75, 3.05) is 12.4 Å². The van der Waals surface area contributed by atoms with E-state index in [2.05, 4.69) is 5.32 Å². The van der Waals surface area contributed by atoms with Crippen molar-refractivity contribution in [3.63, 3.8) is 0 Å². The van der Waals surface area contributed by atoms with Gasteiger partial charge in [-0.3, -0.25) is 0 Å². The Hall–Kier alpha value is -2.56. The number of anilines is 1. The van der Waals surface area contributed by atoms with E-state index in [4.69, 9.17) is 9.84 Å². The number of hydrogen-bond acceptors (Lipinski definition) is 3. The van der Waals surface area contributed by atoms with E-state index in [9.17, 15) is 9.18 Å². The maximum Gasteiger partial charge on any atom is 0.337 e. The van der Waals surface area contributed by atoms with Crippen LogP contribution in [0.4, 0.5) is 10.1 Å². The Bertz CT molecular complexity index is 628. The fraction of sp³-hybridized carbons (Fsp3) is 0.133. The molecule has 0 atom stereocenters. The number of rotatable bonds is 5. The van der Waals surface area contributed by atoms with Gasteiger partial charge in [-0.25, -0.2) is 9.18 Å². The van der Waals surface area contributed by atoms with Crippen LogP contribution in [0.5, 0.6) is 5.75 Å². The summed E-state index contributed by atoms with van der Waals surface area (Å²) in [5.74, 6) is -1.27. The predicted octanol–water partition coefficient (Wildman–Crippen LogP) is 3.14. The van der Waals surface area contributed by atoms with Gasteiger partial charge >= 0.3 is 5.97 Å². The largest absolute Gasteiger partial charge is 0.494 e. The molecule has 0 aliphatic carbocycles. The van der Waals surface area contributed by atoms with Crippen LogP contribution in [-0.2, 0) is 6.54 Å². The average molecular weight is 275 g/mol. The molecule has 5 heteroatoms. The van der Waals surface area contributed by atoms with E-state index in [-0.39, 0.29) is 11.3 Å². The summed E-state index contributed by atoms with van der Waals surface area (Å²) in [4.78, 5) is 11.1. The van der Waals surface area contributed by atoms with E-state index < -0.39 is 11.8 Å². The third-order valence-corrected chi connectivity index (χ3v) is 2.86. The van der Waals surface area contributed by atoms with Gasteiger partial charge < -0.3 is 15.2 Å². The van der Waals surface area contributed by atoms with Crippen molar-refractivity contribution in [3.05, 3.63) is 59.4 Å². The first-order chi connectivity index (χ1) is 9.61. The number of carboxylic acids is 1. The predicted molar refractivity (Wildman–Crippen MR) is 73.7 cm³/mol. The first kappa shape index (κ1) is 13.9. The SMILES string of the molecule is COc1ccc(CNc2ccccc2C(=O)O)cc1F. The molecule has 0 aliphatic heterocycles. The summed E-state index contributed by atoms with van der Waals surface area (Å²) < 4.78 is 18.4. The lowest BCUT2D eigenvalue weighted by Crippen LogP contribution is -2.06. The summed E-state index contributed by atoms with van der Waals surface area (Å²) in [6, 6.07) is 11.2. The Labute approximate surface area is 115 Å². The molecule has 0 fully saturated rings. The van der Waals surface area contributed by atoms with Crippen LogP contribution in [0.3, 0.4) is 0 Å². The third kappa shape index (κ3) is 3.06. The van der Waals surface area contributed by atoms with Crippen molar-refractivity contribution >= 4 is 11.7 Å². The van der Waals surface area contributed by atoms with Crippen LogP contribution >= 0.6 is 0 Å². The first-order valence-corrected chi connectivity index (χ1v) is 6.00. The second-order valence-corrected chi connectivity index (χ2v) is 4.17. The molecule has 2 N–H and O–H groups in total. The summed E-state index contributed by atoms with van der Waals surface area (Å²) >= 11 is 0. The van der Waals surface area contributed by atoms with Crippen molar-refractivity contribution in [2.24, 2.45) is 0 Å². The van der Waals surface area contributed by atoms with Gasteiger partial charge in [0.15, 0.2) is 11.6 Å². The van der Waals surface area contributed by atoms with E-state index in [0.717, 1.165) is 0 Å². The summed E-state index contributed by atoms with van der Waals surface area (Å²) in [6.45, 7) is 0.325. The summed E-state index contributed by atoms with van der Waals surface area (Å²) in [6.07, 6.45) is 0. The van der Waals surface area contributed by atoms with Crippen LogP contribution in [0.15, 0.2) is 42.5 Å². The molecule has 104 valence electrons. The van der Waals surface area contributed by atoms with Gasteiger partial charge in [0.1, 0.15) is 0 Å². The minimum Gasteiger partial charge on any atom is -0.494 e. The molecule has 0 heterocycles. The second kappa shape index (κ2) is 6.06. The van der Waals surface area contributed by atoms with Crippen LogP contribution in [-0.4, -0.2) is 18.2 Å². The molecule has 20 heavy (non-hydrogen) atoms. The highest BCUT2D eigenvalue weighted by atomic mass is 19.1. The standard InChI is InChI=1S/C15H14FNO3/c1-20-14-7-6-10(8-12(14)16)9-17-13-5-3-2-4-11(13)15(18)19/h2-8,17H,9H2,1H3,(H,18,19). The molecule has 0 aromatic heterocycles. The maximum atomic E-state index is 13.5. The molecule has 0 saturated heterocycles. The van der Waals surface area contributed by atoms with E-state index in [1.165, 1.54) is 25.3 Å². The van der Waals surface area contributed by atoms with Crippen LogP contribution < -0.4 is 10.1 Å². The number of aromatic carboxylic acids is 1. The highest BCUT2D eigenvalue weighted by Crippen LogP contribution is 2.20. The number of benzene rings is 2. The molecule has 4 nitrogen and oxygen atoms in total. The van der Waals surface area contributed by atoms with E-state index in [1.807, 2.05) is 0 Å². The number of para-hydroxylation sites is 1. The monoisotopic (exact) mass is 275 g/mol. The normalized spacial score (nSPS) is 10.1. The number of carbonyl (C=O) groups is 1. The third-order valence-electron chi connectivity index (χ3n) is 2.86. The Morgan fingerprint density at radius 1 is 1.30 bits per heavy atom. The maximum absolute atomic E-state index is 13.5. The van der Waals surface area contributed by atoms with Gasteiger partial charge in [0.05, 0.1) is 12.7 Å². The van der Waals surface area contributed by atoms with Crippen molar-refractivity contribution < 1.29 is 19.0 Å². The highest BCUT2D eigenvalue weighted by Gasteiger charge is 2.09. The van der Waals surface area contributed by atoms with Crippen LogP contribution in [0.2, 0.25) is 0 Å². The van der Waals surface area contributed by atoms with Gasteiger partial charge in [0, 0.05) is 12.2 Å². The van der Waals surface area contributed by atoms with Crippen LogP contribution in [0.1, 0.15) is 15.9 Å². The number of halogens is 1. The van der Waals surface area contributed by atoms with Gasteiger partial charge in [0.25, 0.3) is 0 Å². The minimum absolute atomic E-state index is 0.180. The van der Waals surface area contributed by atoms with Gasteiger partial charge in [-0.05, 0) is 29.8 Å². The lowest BCUT2D eigenvalue weighted by atomic mass is 10.1. The Morgan fingerprint density at radius 2 is 2.05 bits per heavy atom. The Kier molecular flexibility index (Phi) is 4.20. The summed E-state index contributed by atoms with van der Waals surface area (Å²) in [5, 5.41) is 12.0. The Balaban J connectivity index is 2.13. The van der Waals surface area contributed by atoms with Gasteiger partial charge in [0.2, 0.25) is 0 Å². The number of ether oxygens (including phenoxy) is 1. The smallest absolute Gasteiger partial charge is 0.337 e. The molecular weight excluding hydrogens is 261 g/mol. The first-order valence-electron chi connectivity index (χ1n) is 6.00. The second-order valence-electron chi connectivity index (χ2n) is 4.17. The molecule has 0 saturated carbocycles. The average Bonchev–Trinajstić information content (AvgIpc) is 2.45. The zero-order valence-electron chi connectivity index (χ0n) is 10.9. The van der Waals surface area contributed by atoms with Crippen LogP contribution in [0, 0.1) is 5.82 Å². The molecule has 0 bridgehead atoms. The molecule has 0 spiro atoms. The highest BCUT2D eigenvalue weighted by molar-refractivity contribution is 5.94. The van der Waals surface area contributed by atoms with Gasteiger partial charge in [-0.1, -0.05) is 18.2 Å². The lowest BCUT2D eigenvalue weighted by molar-refractivity contribution is 0.0698. The van der Waals surface area contributed by atoms with Crippen molar-refractivity contribution in [1.29, 1.82) is 0 Å². The quantitative estimate of drug-likeness (QED) is 0.880. The van der Waals surface area contributed by atoms with Crippen LogP contribution in [0.25, 0.3) is 0 Å².